The number of hydrogen-bond acceptors (Lipinski definition) is 3. The van der Waals surface area contributed by atoms with Gasteiger partial charge in [0.15, 0.2) is 0 Å². The van der Waals surface area contributed by atoms with E-state index in [2.05, 4.69) is 26.1 Å². The first-order valence-corrected chi connectivity index (χ1v) is 6.37. The van der Waals surface area contributed by atoms with Gasteiger partial charge in [-0.3, -0.25) is 0 Å². The van der Waals surface area contributed by atoms with Crippen molar-refractivity contribution in [1.82, 2.24) is 10.2 Å². The molecule has 1 aromatic heterocycles. The minimum absolute atomic E-state index is 0.317. The SMILES string of the molecule is Fc1ccc(-c2nnc(CCCCl)o2)c(Br)c1. The molecule has 0 saturated carbocycles. The summed E-state index contributed by atoms with van der Waals surface area (Å²) >= 11 is 8.84. The van der Waals surface area contributed by atoms with Crippen LogP contribution in [0.1, 0.15) is 12.3 Å². The molecular formula is C11H9BrClFN2O. The molecule has 6 heteroatoms. The molecule has 0 fully saturated rings. The van der Waals surface area contributed by atoms with E-state index >= 15 is 0 Å². The van der Waals surface area contributed by atoms with Gasteiger partial charge in [0.1, 0.15) is 5.82 Å². The minimum Gasteiger partial charge on any atom is -0.421 e. The molecule has 0 bridgehead atoms. The fourth-order valence-electron chi connectivity index (χ4n) is 1.34. The van der Waals surface area contributed by atoms with E-state index < -0.39 is 0 Å². The van der Waals surface area contributed by atoms with Crippen LogP contribution in [0, 0.1) is 5.82 Å². The fraction of sp³-hybridized carbons (Fsp3) is 0.273. The Bertz CT molecular complexity index is 518. The average Bonchev–Trinajstić information content (AvgIpc) is 2.75. The maximum absolute atomic E-state index is 12.9. The van der Waals surface area contributed by atoms with Crippen molar-refractivity contribution in [2.75, 3.05) is 5.88 Å². The second kappa shape index (κ2) is 5.60. The van der Waals surface area contributed by atoms with Crippen molar-refractivity contribution < 1.29 is 8.81 Å². The Labute approximate surface area is 111 Å². The summed E-state index contributed by atoms with van der Waals surface area (Å²) in [7, 11) is 0. The fourth-order valence-corrected chi connectivity index (χ4v) is 2.00. The summed E-state index contributed by atoms with van der Waals surface area (Å²) in [6, 6.07) is 4.30. The summed E-state index contributed by atoms with van der Waals surface area (Å²) in [6.07, 6.45) is 1.43. The van der Waals surface area contributed by atoms with Crippen molar-refractivity contribution >= 4 is 27.5 Å². The third-order valence-electron chi connectivity index (χ3n) is 2.15. The second-order valence-electron chi connectivity index (χ2n) is 3.42. The molecule has 1 aromatic carbocycles. The zero-order valence-electron chi connectivity index (χ0n) is 8.79. The van der Waals surface area contributed by atoms with Crippen LogP contribution < -0.4 is 0 Å². The predicted molar refractivity (Wildman–Crippen MR) is 66.4 cm³/mol. The number of alkyl halides is 1. The van der Waals surface area contributed by atoms with Crippen molar-refractivity contribution in [2.45, 2.75) is 12.8 Å². The molecule has 0 atom stereocenters. The van der Waals surface area contributed by atoms with Gasteiger partial charge in [0.25, 0.3) is 0 Å². The topological polar surface area (TPSA) is 38.9 Å². The zero-order valence-corrected chi connectivity index (χ0v) is 11.1. The predicted octanol–water partition coefficient (Wildman–Crippen LogP) is 3.81. The molecule has 0 aliphatic rings. The van der Waals surface area contributed by atoms with E-state index in [4.69, 9.17) is 16.0 Å². The molecule has 0 aliphatic carbocycles. The Morgan fingerprint density at radius 1 is 1.35 bits per heavy atom. The Kier molecular flexibility index (Phi) is 4.12. The van der Waals surface area contributed by atoms with Crippen molar-refractivity contribution in [2.24, 2.45) is 0 Å². The van der Waals surface area contributed by atoms with Crippen LogP contribution in [0.15, 0.2) is 27.1 Å². The van der Waals surface area contributed by atoms with Crippen LogP contribution in [0.25, 0.3) is 11.5 Å². The van der Waals surface area contributed by atoms with Crippen LogP contribution in [0.5, 0.6) is 0 Å². The first kappa shape index (κ1) is 12.5. The highest BCUT2D eigenvalue weighted by Gasteiger charge is 2.11. The van der Waals surface area contributed by atoms with E-state index in [9.17, 15) is 4.39 Å². The van der Waals surface area contributed by atoms with E-state index in [0.29, 0.717) is 34.1 Å². The number of nitrogens with zero attached hydrogens (tertiary/aromatic N) is 2. The maximum atomic E-state index is 12.9. The molecule has 0 amide bonds. The molecule has 0 N–H and O–H groups in total. The molecule has 1 heterocycles. The summed E-state index contributed by atoms with van der Waals surface area (Å²) in [4.78, 5) is 0. The number of hydrogen-bond donors (Lipinski definition) is 0. The lowest BCUT2D eigenvalue weighted by Gasteiger charge is -1.98. The normalized spacial score (nSPS) is 10.8. The van der Waals surface area contributed by atoms with E-state index in [0.717, 1.165) is 6.42 Å². The molecule has 2 rings (SSSR count). The Balaban J connectivity index is 2.24. The van der Waals surface area contributed by atoms with Gasteiger partial charge in [-0.2, -0.15) is 0 Å². The van der Waals surface area contributed by atoms with Gasteiger partial charge < -0.3 is 4.42 Å². The highest BCUT2D eigenvalue weighted by Crippen LogP contribution is 2.27. The maximum Gasteiger partial charge on any atom is 0.248 e. The molecule has 0 spiro atoms. The Hall–Kier alpha value is -0.940. The van der Waals surface area contributed by atoms with Crippen molar-refractivity contribution in [3.05, 3.63) is 34.4 Å². The molecule has 3 nitrogen and oxygen atoms in total. The molecule has 90 valence electrons. The van der Waals surface area contributed by atoms with Gasteiger partial charge >= 0.3 is 0 Å². The number of aryl methyl sites for hydroxylation is 1. The van der Waals surface area contributed by atoms with Crippen molar-refractivity contribution in [1.29, 1.82) is 0 Å². The number of aromatic nitrogens is 2. The summed E-state index contributed by atoms with van der Waals surface area (Å²) < 4.78 is 19.0. The number of rotatable bonds is 4. The lowest BCUT2D eigenvalue weighted by Crippen LogP contribution is -1.85. The van der Waals surface area contributed by atoms with E-state index in [1.165, 1.54) is 12.1 Å². The first-order valence-electron chi connectivity index (χ1n) is 5.04. The molecule has 0 unspecified atom stereocenters. The highest BCUT2D eigenvalue weighted by atomic mass is 79.9. The van der Waals surface area contributed by atoms with Gasteiger partial charge in [-0.1, -0.05) is 0 Å². The van der Waals surface area contributed by atoms with Crippen LogP contribution in [-0.2, 0) is 6.42 Å². The zero-order chi connectivity index (χ0) is 12.3. The third kappa shape index (κ3) is 3.04. The number of benzene rings is 1. The second-order valence-corrected chi connectivity index (χ2v) is 4.65. The van der Waals surface area contributed by atoms with Crippen molar-refractivity contribution in [3.63, 3.8) is 0 Å². The van der Waals surface area contributed by atoms with Gasteiger partial charge in [-0.15, -0.1) is 21.8 Å². The van der Waals surface area contributed by atoms with Gasteiger partial charge in [-0.05, 0) is 40.5 Å². The summed E-state index contributed by atoms with van der Waals surface area (Å²) in [5.74, 6) is 1.15. The first-order chi connectivity index (χ1) is 8.20. The van der Waals surface area contributed by atoms with Gasteiger partial charge in [0.05, 0.1) is 5.56 Å². The Morgan fingerprint density at radius 3 is 2.88 bits per heavy atom. The molecular weight excluding hydrogens is 310 g/mol. The molecule has 17 heavy (non-hydrogen) atoms. The van der Waals surface area contributed by atoms with E-state index in [1.54, 1.807) is 6.07 Å². The Morgan fingerprint density at radius 2 is 2.18 bits per heavy atom. The molecule has 0 radical (unpaired) electrons. The van der Waals surface area contributed by atoms with Crippen molar-refractivity contribution in [3.8, 4) is 11.5 Å². The standard InChI is InChI=1S/C11H9BrClFN2O/c12-9-6-7(14)3-4-8(9)11-16-15-10(17-11)2-1-5-13/h3-4,6H,1-2,5H2. The monoisotopic (exact) mass is 318 g/mol. The highest BCUT2D eigenvalue weighted by molar-refractivity contribution is 9.10. The minimum atomic E-state index is -0.317. The lowest BCUT2D eigenvalue weighted by atomic mass is 10.2. The lowest BCUT2D eigenvalue weighted by molar-refractivity contribution is 0.502. The van der Waals surface area contributed by atoms with Gasteiger partial charge in [-0.25, -0.2) is 4.39 Å². The van der Waals surface area contributed by atoms with Crippen LogP contribution >= 0.6 is 27.5 Å². The molecule has 2 aromatic rings. The molecule has 0 aliphatic heterocycles. The van der Waals surface area contributed by atoms with E-state index in [-0.39, 0.29) is 5.82 Å². The van der Waals surface area contributed by atoms with Crippen LogP contribution in [-0.4, -0.2) is 16.1 Å². The smallest absolute Gasteiger partial charge is 0.248 e. The quantitative estimate of drug-likeness (QED) is 0.804. The third-order valence-corrected chi connectivity index (χ3v) is 3.08. The summed E-state index contributed by atoms with van der Waals surface area (Å²) in [5.41, 5.74) is 0.677. The van der Waals surface area contributed by atoms with E-state index in [1.807, 2.05) is 0 Å². The van der Waals surface area contributed by atoms with Crippen LogP contribution in [0.3, 0.4) is 0 Å². The molecule has 0 saturated heterocycles. The van der Waals surface area contributed by atoms with Crippen LogP contribution in [0.4, 0.5) is 4.39 Å². The average molecular weight is 320 g/mol. The largest absolute Gasteiger partial charge is 0.421 e. The summed E-state index contributed by atoms with van der Waals surface area (Å²) in [5, 5.41) is 7.82. The van der Waals surface area contributed by atoms with Gasteiger partial charge in [0.2, 0.25) is 11.8 Å². The summed E-state index contributed by atoms with van der Waals surface area (Å²) in [6.45, 7) is 0. The van der Waals surface area contributed by atoms with Gasteiger partial charge in [0, 0.05) is 16.8 Å². The number of halogens is 3. The van der Waals surface area contributed by atoms with Crippen LogP contribution in [0.2, 0.25) is 0 Å².